The maximum atomic E-state index is 14.2. The average Bonchev–Trinajstić information content (AvgIpc) is 3.61. The predicted octanol–water partition coefficient (Wildman–Crippen LogP) is 1.03. The molecule has 1 aromatic heterocycles. The lowest BCUT2D eigenvalue weighted by Gasteiger charge is -2.36. The third-order valence-corrected chi connectivity index (χ3v) is 7.76. The minimum absolute atomic E-state index is 0.0493. The standard InChI is InChI=1S/C25H31N5O6/c1-2-12-28(15-30-17-9-5-4-8-16(17)26-27-30)23(33)21-25-11-10-18(36-25)19(24(34)35)20(25)22(32)29(21)13-6-3-7-14-31/h2,4-5,8-9,18-21,31H,1,3,6-7,10-15H2,(H,34,35)/t18-,19+,20+,21?,25?/m1/s1. The van der Waals surface area contributed by atoms with E-state index in [1.807, 2.05) is 24.3 Å². The highest BCUT2D eigenvalue weighted by Crippen LogP contribution is 2.58. The zero-order valence-corrected chi connectivity index (χ0v) is 20.0. The van der Waals surface area contributed by atoms with Crippen LogP contribution in [0.15, 0.2) is 36.9 Å². The molecule has 2 unspecified atom stereocenters. The first-order valence-electron chi connectivity index (χ1n) is 12.4. The molecule has 2 amide bonds. The normalized spacial score (nSPS) is 28.6. The molecule has 0 radical (unpaired) electrons. The van der Waals surface area contributed by atoms with Crippen molar-refractivity contribution in [2.75, 3.05) is 19.7 Å². The van der Waals surface area contributed by atoms with Crippen LogP contribution >= 0.6 is 0 Å². The van der Waals surface area contributed by atoms with Gasteiger partial charge in [0.1, 0.15) is 23.8 Å². The summed E-state index contributed by atoms with van der Waals surface area (Å²) in [5.41, 5.74) is 0.302. The summed E-state index contributed by atoms with van der Waals surface area (Å²) in [7, 11) is 0. The van der Waals surface area contributed by atoms with Crippen molar-refractivity contribution < 1.29 is 29.3 Å². The Morgan fingerprint density at radius 3 is 2.83 bits per heavy atom. The van der Waals surface area contributed by atoms with Gasteiger partial charge in [-0.15, -0.1) is 11.7 Å². The van der Waals surface area contributed by atoms with Gasteiger partial charge in [-0.3, -0.25) is 14.4 Å². The number of fused-ring (bicyclic) bond motifs is 2. The molecule has 0 aliphatic carbocycles. The molecule has 3 saturated heterocycles. The molecule has 3 aliphatic rings. The summed E-state index contributed by atoms with van der Waals surface area (Å²) in [4.78, 5) is 43.1. The molecule has 2 N–H and O–H groups in total. The number of aliphatic hydroxyl groups excluding tert-OH is 1. The Bertz CT molecular complexity index is 1180. The molecule has 3 fully saturated rings. The number of unbranched alkanes of at least 4 members (excludes halogenated alkanes) is 2. The quantitative estimate of drug-likeness (QED) is 0.347. The molecule has 5 atom stereocenters. The molecular weight excluding hydrogens is 466 g/mol. The van der Waals surface area contributed by atoms with Crippen molar-refractivity contribution in [3.05, 3.63) is 36.9 Å². The first-order chi connectivity index (χ1) is 17.4. The number of amides is 2. The number of carbonyl (C=O) groups is 3. The van der Waals surface area contributed by atoms with Gasteiger partial charge < -0.3 is 24.7 Å². The van der Waals surface area contributed by atoms with Crippen LogP contribution in [0.25, 0.3) is 11.0 Å². The average molecular weight is 498 g/mol. The number of carboxylic acid groups (broad SMARTS) is 1. The molecule has 192 valence electrons. The van der Waals surface area contributed by atoms with Crippen LogP contribution in [-0.4, -0.2) is 90.2 Å². The lowest BCUT2D eigenvalue weighted by molar-refractivity contribution is -0.151. The Balaban J connectivity index is 1.48. The van der Waals surface area contributed by atoms with Crippen LogP contribution in [0.5, 0.6) is 0 Å². The molecule has 2 bridgehead atoms. The first-order valence-corrected chi connectivity index (χ1v) is 12.4. The van der Waals surface area contributed by atoms with E-state index >= 15 is 0 Å². The summed E-state index contributed by atoms with van der Waals surface area (Å²) in [5, 5.41) is 27.4. The van der Waals surface area contributed by atoms with Crippen molar-refractivity contribution in [3.8, 4) is 0 Å². The number of rotatable bonds is 11. The number of aromatic nitrogens is 3. The maximum absolute atomic E-state index is 14.2. The summed E-state index contributed by atoms with van der Waals surface area (Å²) in [6, 6.07) is 6.49. The molecule has 4 heterocycles. The third-order valence-electron chi connectivity index (χ3n) is 7.76. The van der Waals surface area contributed by atoms with Gasteiger partial charge in [-0.25, -0.2) is 4.68 Å². The van der Waals surface area contributed by atoms with E-state index < -0.39 is 35.6 Å². The highest BCUT2D eigenvalue weighted by molar-refractivity contribution is 5.98. The monoisotopic (exact) mass is 497 g/mol. The molecule has 11 nitrogen and oxygen atoms in total. The third kappa shape index (κ3) is 3.77. The van der Waals surface area contributed by atoms with Gasteiger partial charge in [0, 0.05) is 19.7 Å². The van der Waals surface area contributed by atoms with E-state index in [4.69, 9.17) is 9.84 Å². The second-order valence-electron chi connectivity index (χ2n) is 9.78. The van der Waals surface area contributed by atoms with E-state index in [0.29, 0.717) is 44.2 Å². The number of aliphatic hydroxyl groups is 1. The molecule has 11 heteroatoms. The molecule has 1 aromatic carbocycles. The highest BCUT2D eigenvalue weighted by atomic mass is 16.5. The minimum Gasteiger partial charge on any atom is -0.481 e. The van der Waals surface area contributed by atoms with Gasteiger partial charge in [0.05, 0.1) is 23.5 Å². The summed E-state index contributed by atoms with van der Waals surface area (Å²) in [6.07, 6.45) is 3.86. The van der Waals surface area contributed by atoms with Gasteiger partial charge >= 0.3 is 5.97 Å². The fraction of sp³-hybridized carbons (Fsp3) is 0.560. The highest BCUT2D eigenvalue weighted by Gasteiger charge is 2.74. The molecule has 2 aromatic rings. The number of para-hydroxylation sites is 1. The van der Waals surface area contributed by atoms with Gasteiger partial charge in [-0.05, 0) is 44.2 Å². The van der Waals surface area contributed by atoms with Crippen LogP contribution in [0.3, 0.4) is 0 Å². The van der Waals surface area contributed by atoms with Gasteiger partial charge in [-0.1, -0.05) is 23.4 Å². The fourth-order valence-corrected chi connectivity index (χ4v) is 6.25. The van der Waals surface area contributed by atoms with E-state index in [2.05, 4.69) is 16.9 Å². The predicted molar refractivity (Wildman–Crippen MR) is 127 cm³/mol. The number of hydrogen-bond donors (Lipinski definition) is 2. The van der Waals surface area contributed by atoms with E-state index in [0.717, 1.165) is 5.52 Å². The largest absolute Gasteiger partial charge is 0.481 e. The number of aliphatic carboxylic acids is 1. The topological polar surface area (TPSA) is 138 Å². The Hall–Kier alpha value is -3.31. The van der Waals surface area contributed by atoms with Gasteiger partial charge in [0.15, 0.2) is 0 Å². The Kier molecular flexibility index (Phi) is 6.52. The summed E-state index contributed by atoms with van der Waals surface area (Å²) in [6.45, 7) is 4.45. The first kappa shape index (κ1) is 24.4. The number of nitrogens with zero attached hydrogens (tertiary/aromatic N) is 5. The van der Waals surface area contributed by atoms with E-state index in [-0.39, 0.29) is 31.6 Å². The minimum atomic E-state index is -1.16. The van der Waals surface area contributed by atoms with Crippen LogP contribution in [0.4, 0.5) is 0 Å². The second-order valence-corrected chi connectivity index (χ2v) is 9.78. The number of likely N-dealkylation sites (tertiary alicyclic amines) is 1. The smallest absolute Gasteiger partial charge is 0.310 e. The summed E-state index contributed by atoms with van der Waals surface area (Å²) >= 11 is 0. The fourth-order valence-electron chi connectivity index (χ4n) is 6.25. The van der Waals surface area contributed by atoms with Gasteiger partial charge in [0.25, 0.3) is 0 Å². The Labute approximate surface area is 208 Å². The van der Waals surface area contributed by atoms with Gasteiger partial charge in [0.2, 0.25) is 11.8 Å². The number of carbonyl (C=O) groups excluding carboxylic acids is 2. The number of hydrogen-bond acceptors (Lipinski definition) is 7. The molecule has 36 heavy (non-hydrogen) atoms. The van der Waals surface area contributed by atoms with Crippen LogP contribution < -0.4 is 0 Å². The zero-order valence-electron chi connectivity index (χ0n) is 20.0. The SMILES string of the molecule is C=CCN(Cn1nnc2ccccc21)C(=O)C1N(CCCCCO)C(=O)[C@@H]2[C@@H](C(=O)O)[C@H]3CCC12O3. The maximum Gasteiger partial charge on any atom is 0.310 e. The molecular formula is C25H31N5O6. The van der Waals surface area contributed by atoms with E-state index in [1.165, 1.54) is 4.90 Å². The van der Waals surface area contributed by atoms with Crippen molar-refractivity contribution in [2.45, 2.75) is 56.5 Å². The number of carboxylic acids is 1. The molecule has 3 aliphatic heterocycles. The zero-order chi connectivity index (χ0) is 25.4. The molecule has 1 spiro atoms. The molecule has 5 rings (SSSR count). The van der Waals surface area contributed by atoms with Gasteiger partial charge in [-0.2, -0.15) is 0 Å². The lowest BCUT2D eigenvalue weighted by Crippen LogP contribution is -2.56. The second kappa shape index (κ2) is 9.62. The van der Waals surface area contributed by atoms with Crippen molar-refractivity contribution in [1.82, 2.24) is 24.8 Å². The number of ether oxygens (including phenoxy) is 1. The Morgan fingerprint density at radius 1 is 1.28 bits per heavy atom. The van der Waals surface area contributed by atoms with Crippen LogP contribution in [0.2, 0.25) is 0 Å². The molecule has 0 saturated carbocycles. The Morgan fingerprint density at radius 2 is 2.08 bits per heavy atom. The van der Waals surface area contributed by atoms with Crippen molar-refractivity contribution in [3.63, 3.8) is 0 Å². The summed E-state index contributed by atoms with van der Waals surface area (Å²) in [5.74, 6) is -3.57. The lowest BCUT2D eigenvalue weighted by atomic mass is 9.70. The van der Waals surface area contributed by atoms with Crippen LogP contribution in [0.1, 0.15) is 32.1 Å². The van der Waals surface area contributed by atoms with Crippen LogP contribution in [-0.2, 0) is 25.8 Å². The summed E-state index contributed by atoms with van der Waals surface area (Å²) < 4.78 is 7.89. The van der Waals surface area contributed by atoms with Crippen LogP contribution in [0, 0.1) is 11.8 Å². The number of benzene rings is 1. The van der Waals surface area contributed by atoms with E-state index in [1.54, 1.807) is 15.7 Å². The van der Waals surface area contributed by atoms with Crippen molar-refractivity contribution in [2.24, 2.45) is 11.8 Å². The van der Waals surface area contributed by atoms with Crippen molar-refractivity contribution in [1.29, 1.82) is 0 Å². The van der Waals surface area contributed by atoms with Crippen molar-refractivity contribution >= 4 is 28.8 Å². The van der Waals surface area contributed by atoms with E-state index in [9.17, 15) is 19.5 Å².